The lowest BCUT2D eigenvalue weighted by molar-refractivity contribution is -0.121. The third-order valence-corrected chi connectivity index (χ3v) is 2.51. The molecule has 0 saturated carbocycles. The highest BCUT2D eigenvalue weighted by atomic mass is 35.5. The molecule has 0 fully saturated rings. The molecular formula is C14H23ClN2O2. The Morgan fingerprint density at radius 2 is 2.16 bits per heavy atom. The molecule has 1 amide bonds. The number of hydrogen-bond acceptors (Lipinski definition) is 3. The summed E-state index contributed by atoms with van der Waals surface area (Å²) in [6, 6.07) is 7.90. The van der Waals surface area contributed by atoms with Gasteiger partial charge in [0, 0.05) is 13.0 Å². The van der Waals surface area contributed by atoms with E-state index in [1.165, 1.54) is 5.56 Å². The van der Waals surface area contributed by atoms with Gasteiger partial charge in [-0.1, -0.05) is 12.1 Å². The van der Waals surface area contributed by atoms with Crippen molar-refractivity contribution in [3.63, 3.8) is 0 Å². The van der Waals surface area contributed by atoms with E-state index in [2.05, 4.69) is 5.32 Å². The molecule has 0 aliphatic rings. The molecule has 0 aliphatic heterocycles. The number of halogens is 1. The number of ether oxygens (including phenoxy) is 1. The van der Waals surface area contributed by atoms with Gasteiger partial charge in [-0.15, -0.1) is 12.4 Å². The molecule has 1 aromatic carbocycles. The van der Waals surface area contributed by atoms with Crippen molar-refractivity contribution in [1.29, 1.82) is 0 Å². The predicted molar refractivity (Wildman–Crippen MR) is 79.8 cm³/mol. The van der Waals surface area contributed by atoms with E-state index in [0.29, 0.717) is 26.1 Å². The Bertz CT molecular complexity index is 372. The lowest BCUT2D eigenvalue weighted by Gasteiger charge is -2.07. The first-order valence-corrected chi connectivity index (χ1v) is 6.38. The van der Waals surface area contributed by atoms with E-state index >= 15 is 0 Å². The molecule has 1 aromatic rings. The lowest BCUT2D eigenvalue weighted by Crippen LogP contribution is -2.26. The molecule has 0 saturated heterocycles. The Morgan fingerprint density at radius 1 is 1.37 bits per heavy atom. The minimum atomic E-state index is 0. The Hall–Kier alpha value is -1.26. The molecule has 5 heteroatoms. The molecule has 3 N–H and O–H groups in total. The number of nitrogens with one attached hydrogen (secondary N) is 1. The fourth-order valence-electron chi connectivity index (χ4n) is 1.55. The second-order valence-electron chi connectivity index (χ2n) is 4.26. The van der Waals surface area contributed by atoms with Crippen molar-refractivity contribution in [1.82, 2.24) is 5.32 Å². The van der Waals surface area contributed by atoms with E-state index in [-0.39, 0.29) is 18.3 Å². The molecule has 4 nitrogen and oxygen atoms in total. The smallest absolute Gasteiger partial charge is 0.220 e. The lowest BCUT2D eigenvalue weighted by atomic mass is 10.2. The number of hydrogen-bond donors (Lipinski definition) is 2. The van der Waals surface area contributed by atoms with Crippen molar-refractivity contribution in [3.05, 3.63) is 29.8 Å². The highest BCUT2D eigenvalue weighted by molar-refractivity contribution is 5.85. The molecule has 19 heavy (non-hydrogen) atoms. The van der Waals surface area contributed by atoms with Crippen LogP contribution >= 0.6 is 12.4 Å². The second kappa shape index (κ2) is 10.6. The minimum absolute atomic E-state index is 0. The first-order chi connectivity index (χ1) is 8.72. The monoisotopic (exact) mass is 286 g/mol. The quantitative estimate of drug-likeness (QED) is 0.719. The van der Waals surface area contributed by atoms with Crippen LogP contribution < -0.4 is 15.8 Å². The van der Waals surface area contributed by atoms with Crippen molar-refractivity contribution in [3.8, 4) is 5.75 Å². The molecule has 0 bridgehead atoms. The SMILES string of the molecule is Cc1cccc(OCCCC(=O)NCCCN)c1.Cl. The van der Waals surface area contributed by atoms with Gasteiger partial charge in [0.25, 0.3) is 0 Å². The van der Waals surface area contributed by atoms with Crippen LogP contribution in [0.2, 0.25) is 0 Å². The van der Waals surface area contributed by atoms with Crippen molar-refractivity contribution in [2.75, 3.05) is 19.7 Å². The zero-order valence-corrected chi connectivity index (χ0v) is 12.2. The third-order valence-electron chi connectivity index (χ3n) is 2.51. The fourth-order valence-corrected chi connectivity index (χ4v) is 1.55. The van der Waals surface area contributed by atoms with Crippen molar-refractivity contribution in [2.45, 2.75) is 26.2 Å². The summed E-state index contributed by atoms with van der Waals surface area (Å²) in [5, 5.41) is 2.82. The molecular weight excluding hydrogens is 264 g/mol. The molecule has 0 radical (unpaired) electrons. The number of benzene rings is 1. The Balaban J connectivity index is 0.00000324. The summed E-state index contributed by atoms with van der Waals surface area (Å²) in [5.74, 6) is 0.926. The van der Waals surface area contributed by atoms with Crippen LogP contribution in [0.25, 0.3) is 0 Å². The average molecular weight is 287 g/mol. The number of nitrogens with two attached hydrogens (primary N) is 1. The summed E-state index contributed by atoms with van der Waals surface area (Å²) in [4.78, 5) is 11.4. The van der Waals surface area contributed by atoms with Crippen LogP contribution in [0.3, 0.4) is 0 Å². The first-order valence-electron chi connectivity index (χ1n) is 6.38. The van der Waals surface area contributed by atoms with Crippen LogP contribution in [0.5, 0.6) is 5.75 Å². The van der Waals surface area contributed by atoms with Gasteiger partial charge in [-0.05, 0) is 44.0 Å². The summed E-state index contributed by atoms with van der Waals surface area (Å²) < 4.78 is 5.56. The van der Waals surface area contributed by atoms with Crippen molar-refractivity contribution >= 4 is 18.3 Å². The minimum Gasteiger partial charge on any atom is -0.494 e. The van der Waals surface area contributed by atoms with E-state index < -0.39 is 0 Å². The van der Waals surface area contributed by atoms with E-state index in [1.54, 1.807) is 0 Å². The summed E-state index contributed by atoms with van der Waals surface area (Å²) in [6.45, 7) is 3.86. The summed E-state index contributed by atoms with van der Waals surface area (Å²) in [5.41, 5.74) is 6.51. The van der Waals surface area contributed by atoms with Gasteiger partial charge in [0.2, 0.25) is 5.91 Å². The Kier molecular flexibility index (Phi) is 9.94. The van der Waals surface area contributed by atoms with Crippen LogP contribution in [-0.4, -0.2) is 25.6 Å². The van der Waals surface area contributed by atoms with Crippen molar-refractivity contribution < 1.29 is 9.53 Å². The maximum atomic E-state index is 11.4. The van der Waals surface area contributed by atoms with E-state index in [1.807, 2.05) is 31.2 Å². The van der Waals surface area contributed by atoms with Crippen LogP contribution in [-0.2, 0) is 4.79 Å². The summed E-state index contributed by atoms with van der Waals surface area (Å²) in [7, 11) is 0. The molecule has 1 rings (SSSR count). The molecule has 0 atom stereocenters. The first kappa shape index (κ1) is 17.7. The number of carbonyl (C=O) groups excluding carboxylic acids is 1. The number of aryl methyl sites for hydroxylation is 1. The molecule has 0 heterocycles. The largest absolute Gasteiger partial charge is 0.494 e. The van der Waals surface area contributed by atoms with Gasteiger partial charge >= 0.3 is 0 Å². The van der Waals surface area contributed by atoms with Gasteiger partial charge in [-0.3, -0.25) is 4.79 Å². The molecule has 0 aromatic heterocycles. The zero-order valence-electron chi connectivity index (χ0n) is 11.4. The normalized spacial score (nSPS) is 9.58. The number of carbonyl (C=O) groups is 1. The highest BCUT2D eigenvalue weighted by Crippen LogP contribution is 2.12. The second-order valence-corrected chi connectivity index (χ2v) is 4.26. The van der Waals surface area contributed by atoms with Gasteiger partial charge in [-0.2, -0.15) is 0 Å². The molecule has 0 aliphatic carbocycles. The molecule has 0 unspecified atom stereocenters. The maximum Gasteiger partial charge on any atom is 0.220 e. The van der Waals surface area contributed by atoms with E-state index in [9.17, 15) is 4.79 Å². The molecule has 0 spiro atoms. The Labute approximate surface area is 121 Å². The number of rotatable bonds is 8. The fraction of sp³-hybridized carbons (Fsp3) is 0.500. The van der Waals surface area contributed by atoms with E-state index in [0.717, 1.165) is 18.6 Å². The van der Waals surface area contributed by atoms with E-state index in [4.69, 9.17) is 10.5 Å². The van der Waals surface area contributed by atoms with Gasteiger partial charge in [0.1, 0.15) is 5.75 Å². The highest BCUT2D eigenvalue weighted by Gasteiger charge is 2.00. The predicted octanol–water partition coefficient (Wildman–Crippen LogP) is 2.04. The van der Waals surface area contributed by atoms with Gasteiger partial charge in [-0.25, -0.2) is 0 Å². The van der Waals surface area contributed by atoms with Crippen molar-refractivity contribution in [2.24, 2.45) is 5.73 Å². The topological polar surface area (TPSA) is 64.3 Å². The van der Waals surface area contributed by atoms with Gasteiger partial charge in [0.15, 0.2) is 0 Å². The maximum absolute atomic E-state index is 11.4. The van der Waals surface area contributed by atoms with Gasteiger partial charge in [0.05, 0.1) is 6.61 Å². The Morgan fingerprint density at radius 3 is 2.84 bits per heavy atom. The van der Waals surface area contributed by atoms with Crippen LogP contribution in [0.1, 0.15) is 24.8 Å². The van der Waals surface area contributed by atoms with Crippen LogP contribution in [0, 0.1) is 6.92 Å². The average Bonchev–Trinajstić information content (AvgIpc) is 2.35. The summed E-state index contributed by atoms with van der Waals surface area (Å²) >= 11 is 0. The zero-order chi connectivity index (χ0) is 13.2. The number of amides is 1. The summed E-state index contributed by atoms with van der Waals surface area (Å²) in [6.07, 6.45) is 2.05. The standard InChI is InChI=1S/C14H22N2O2.ClH/c1-12-5-2-6-13(11-12)18-10-3-7-14(17)16-9-4-8-15;/h2,5-6,11H,3-4,7-10,15H2,1H3,(H,16,17);1H. The van der Waals surface area contributed by atoms with Crippen LogP contribution in [0.4, 0.5) is 0 Å². The van der Waals surface area contributed by atoms with Gasteiger partial charge < -0.3 is 15.8 Å². The molecule has 108 valence electrons. The van der Waals surface area contributed by atoms with Crippen LogP contribution in [0.15, 0.2) is 24.3 Å². The third kappa shape index (κ3) is 8.46.